The van der Waals surface area contributed by atoms with Crippen LogP contribution < -0.4 is 10.6 Å². The third-order valence-corrected chi connectivity index (χ3v) is 4.52. The fraction of sp³-hybridized carbons (Fsp3) is 0.174. The van der Waals surface area contributed by atoms with Crippen LogP contribution in [0.1, 0.15) is 44.5 Å². The normalized spacial score (nSPS) is 10.4. The summed E-state index contributed by atoms with van der Waals surface area (Å²) in [4.78, 5) is 29.2. The fourth-order valence-corrected chi connectivity index (χ4v) is 2.78. The van der Waals surface area contributed by atoms with Crippen molar-refractivity contribution in [1.29, 1.82) is 0 Å². The van der Waals surface area contributed by atoms with Crippen LogP contribution in [0.25, 0.3) is 0 Å². The second-order valence-electron chi connectivity index (χ2n) is 6.71. The van der Waals surface area contributed by atoms with Crippen molar-refractivity contribution in [2.45, 2.75) is 27.2 Å². The Kier molecular flexibility index (Phi) is 5.84. The minimum Gasteiger partial charge on any atom is -0.322 e. The monoisotopic (exact) mass is 373 g/mol. The van der Waals surface area contributed by atoms with Gasteiger partial charge in [-0.2, -0.15) is 0 Å². The number of pyridine rings is 1. The highest BCUT2D eigenvalue weighted by molar-refractivity contribution is 6.08. The maximum absolute atomic E-state index is 12.6. The summed E-state index contributed by atoms with van der Waals surface area (Å²) in [6.07, 6.45) is 2.40. The number of aryl methyl sites for hydroxylation is 3. The number of rotatable bonds is 5. The molecular weight excluding hydrogens is 350 g/mol. The molecule has 0 aliphatic heterocycles. The molecule has 0 unspecified atom stereocenters. The number of amides is 2. The lowest BCUT2D eigenvalue weighted by atomic mass is 10.1. The Labute approximate surface area is 164 Å². The van der Waals surface area contributed by atoms with Gasteiger partial charge in [0.15, 0.2) is 0 Å². The quantitative estimate of drug-likeness (QED) is 0.677. The van der Waals surface area contributed by atoms with Gasteiger partial charge in [-0.3, -0.25) is 14.6 Å². The van der Waals surface area contributed by atoms with Gasteiger partial charge in [0, 0.05) is 23.1 Å². The minimum atomic E-state index is -0.356. The molecule has 0 spiro atoms. The highest BCUT2D eigenvalue weighted by atomic mass is 16.2. The molecule has 5 heteroatoms. The topological polar surface area (TPSA) is 71.1 Å². The molecule has 2 aromatic carbocycles. The number of nitrogens with zero attached hydrogens (tertiary/aromatic N) is 1. The highest BCUT2D eigenvalue weighted by Crippen LogP contribution is 2.18. The van der Waals surface area contributed by atoms with E-state index >= 15 is 0 Å². The molecule has 0 fully saturated rings. The van der Waals surface area contributed by atoms with Gasteiger partial charge in [-0.15, -0.1) is 0 Å². The SMILES string of the molecule is CCc1ccc(NC(=O)c2cc(C(=O)Nc3cc(C)ccc3C)ccn2)cc1. The first-order chi connectivity index (χ1) is 13.5. The summed E-state index contributed by atoms with van der Waals surface area (Å²) >= 11 is 0. The first-order valence-electron chi connectivity index (χ1n) is 9.21. The van der Waals surface area contributed by atoms with Crippen molar-refractivity contribution in [2.75, 3.05) is 10.6 Å². The second-order valence-corrected chi connectivity index (χ2v) is 6.71. The number of carbonyl (C=O) groups is 2. The molecule has 0 atom stereocenters. The Hall–Kier alpha value is -3.47. The van der Waals surface area contributed by atoms with E-state index < -0.39 is 0 Å². The lowest BCUT2D eigenvalue weighted by molar-refractivity contribution is 0.102. The molecule has 0 bridgehead atoms. The first-order valence-corrected chi connectivity index (χ1v) is 9.21. The molecule has 0 saturated carbocycles. The molecule has 2 amide bonds. The summed E-state index contributed by atoms with van der Waals surface area (Å²) < 4.78 is 0. The Bertz CT molecular complexity index is 1010. The highest BCUT2D eigenvalue weighted by Gasteiger charge is 2.13. The van der Waals surface area contributed by atoms with E-state index in [0.29, 0.717) is 11.3 Å². The van der Waals surface area contributed by atoms with E-state index in [-0.39, 0.29) is 17.5 Å². The molecule has 142 valence electrons. The van der Waals surface area contributed by atoms with Crippen molar-refractivity contribution in [3.05, 3.63) is 88.7 Å². The molecule has 0 aliphatic rings. The number of aromatic nitrogens is 1. The number of hydrogen-bond acceptors (Lipinski definition) is 3. The molecule has 0 aliphatic carbocycles. The summed E-state index contributed by atoms with van der Waals surface area (Å²) in [6, 6.07) is 16.6. The van der Waals surface area contributed by atoms with Crippen LogP contribution in [-0.4, -0.2) is 16.8 Å². The van der Waals surface area contributed by atoms with Gasteiger partial charge < -0.3 is 10.6 Å². The van der Waals surface area contributed by atoms with Gasteiger partial charge in [0.05, 0.1) is 0 Å². The Balaban J connectivity index is 1.74. The van der Waals surface area contributed by atoms with Crippen LogP contribution in [0, 0.1) is 13.8 Å². The Morgan fingerprint density at radius 3 is 2.36 bits per heavy atom. The van der Waals surface area contributed by atoms with Crippen LogP contribution in [0.4, 0.5) is 11.4 Å². The van der Waals surface area contributed by atoms with E-state index in [1.165, 1.54) is 17.8 Å². The van der Waals surface area contributed by atoms with E-state index in [4.69, 9.17) is 0 Å². The van der Waals surface area contributed by atoms with Gasteiger partial charge in [0.2, 0.25) is 0 Å². The molecule has 1 heterocycles. The average Bonchev–Trinajstić information content (AvgIpc) is 2.71. The third kappa shape index (κ3) is 4.62. The number of anilines is 2. The standard InChI is InChI=1S/C23H23N3O2/c1-4-17-7-9-19(10-8-17)25-23(28)21-14-18(11-12-24-21)22(27)26-20-13-15(2)5-6-16(20)3/h5-14H,4H2,1-3H3,(H,25,28)(H,26,27). The van der Waals surface area contributed by atoms with Crippen LogP contribution >= 0.6 is 0 Å². The van der Waals surface area contributed by atoms with Gasteiger partial charge in [0.1, 0.15) is 5.69 Å². The fourth-order valence-electron chi connectivity index (χ4n) is 2.78. The van der Waals surface area contributed by atoms with E-state index in [2.05, 4.69) is 22.5 Å². The minimum absolute atomic E-state index is 0.188. The predicted octanol–water partition coefficient (Wildman–Crippen LogP) is 4.77. The van der Waals surface area contributed by atoms with Crippen molar-refractivity contribution in [3.8, 4) is 0 Å². The second kappa shape index (κ2) is 8.48. The van der Waals surface area contributed by atoms with E-state index in [1.54, 1.807) is 6.07 Å². The van der Waals surface area contributed by atoms with E-state index in [1.807, 2.05) is 56.3 Å². The lowest BCUT2D eigenvalue weighted by Crippen LogP contribution is -2.17. The predicted molar refractivity (Wildman–Crippen MR) is 112 cm³/mol. The molecular formula is C23H23N3O2. The number of nitrogens with one attached hydrogen (secondary N) is 2. The molecule has 0 saturated heterocycles. The van der Waals surface area contributed by atoms with Gasteiger partial charge >= 0.3 is 0 Å². The molecule has 2 N–H and O–H groups in total. The van der Waals surface area contributed by atoms with Gasteiger partial charge in [-0.05, 0) is 67.3 Å². The number of carbonyl (C=O) groups excluding carboxylic acids is 2. The summed E-state index contributed by atoms with van der Waals surface area (Å²) in [7, 11) is 0. The van der Waals surface area contributed by atoms with Gasteiger partial charge in [0.25, 0.3) is 11.8 Å². The van der Waals surface area contributed by atoms with E-state index in [9.17, 15) is 9.59 Å². The van der Waals surface area contributed by atoms with Gasteiger partial charge in [-0.1, -0.05) is 31.2 Å². The smallest absolute Gasteiger partial charge is 0.274 e. The van der Waals surface area contributed by atoms with Crippen LogP contribution in [0.3, 0.4) is 0 Å². The van der Waals surface area contributed by atoms with Crippen LogP contribution in [0.2, 0.25) is 0 Å². The molecule has 5 nitrogen and oxygen atoms in total. The largest absolute Gasteiger partial charge is 0.322 e. The summed E-state index contributed by atoms with van der Waals surface area (Å²) in [5.41, 5.74) is 5.24. The van der Waals surface area contributed by atoms with Crippen molar-refractivity contribution in [3.63, 3.8) is 0 Å². The van der Waals surface area contributed by atoms with Crippen LogP contribution in [0.15, 0.2) is 60.8 Å². The third-order valence-electron chi connectivity index (χ3n) is 4.52. The maximum atomic E-state index is 12.6. The Morgan fingerprint density at radius 2 is 1.64 bits per heavy atom. The van der Waals surface area contributed by atoms with Crippen LogP contribution in [-0.2, 0) is 6.42 Å². The van der Waals surface area contributed by atoms with Crippen molar-refractivity contribution in [2.24, 2.45) is 0 Å². The average molecular weight is 373 g/mol. The molecule has 3 aromatic rings. The van der Waals surface area contributed by atoms with E-state index in [0.717, 1.165) is 23.2 Å². The zero-order chi connectivity index (χ0) is 20.1. The molecule has 0 radical (unpaired) electrons. The molecule has 28 heavy (non-hydrogen) atoms. The lowest BCUT2D eigenvalue weighted by Gasteiger charge is -2.10. The summed E-state index contributed by atoms with van der Waals surface area (Å²) in [5.74, 6) is -0.636. The van der Waals surface area contributed by atoms with Crippen molar-refractivity contribution in [1.82, 2.24) is 4.98 Å². The summed E-state index contributed by atoms with van der Waals surface area (Å²) in [5, 5.41) is 5.71. The zero-order valence-corrected chi connectivity index (χ0v) is 16.2. The van der Waals surface area contributed by atoms with Crippen molar-refractivity contribution >= 4 is 23.2 Å². The number of hydrogen-bond donors (Lipinski definition) is 2. The molecule has 1 aromatic heterocycles. The van der Waals surface area contributed by atoms with Gasteiger partial charge in [-0.25, -0.2) is 0 Å². The zero-order valence-electron chi connectivity index (χ0n) is 16.2. The first kappa shape index (κ1) is 19.3. The maximum Gasteiger partial charge on any atom is 0.274 e. The number of benzene rings is 2. The van der Waals surface area contributed by atoms with Crippen LogP contribution in [0.5, 0.6) is 0 Å². The molecule has 3 rings (SSSR count). The summed E-state index contributed by atoms with van der Waals surface area (Å²) in [6.45, 7) is 5.98. The Morgan fingerprint density at radius 1 is 0.893 bits per heavy atom. The van der Waals surface area contributed by atoms with Crippen molar-refractivity contribution < 1.29 is 9.59 Å².